The number of hydrogen-bond donors (Lipinski definition) is 0. The number of hydrogen-bond acceptors (Lipinski definition) is 2. The third-order valence-corrected chi connectivity index (χ3v) is 5.82. The number of carbonyl (C=O) groups is 2. The quantitative estimate of drug-likeness (QED) is 0.831. The van der Waals surface area contributed by atoms with Gasteiger partial charge in [0.2, 0.25) is 0 Å². The number of amides is 2. The maximum atomic E-state index is 12.9. The van der Waals surface area contributed by atoms with Crippen molar-refractivity contribution in [2.75, 3.05) is 5.75 Å². The summed E-state index contributed by atoms with van der Waals surface area (Å²) in [4.78, 5) is 25.3. The molecule has 0 N–H and O–H groups in total. The highest BCUT2D eigenvalue weighted by Gasteiger charge is 2.29. The summed E-state index contributed by atoms with van der Waals surface area (Å²) >= 11 is 0. The molecule has 0 aromatic heterocycles. The Morgan fingerprint density at radius 2 is 1.46 bits per heavy atom. The molecule has 2 aromatic rings. The topological polar surface area (TPSA) is 49.7 Å². The number of rotatable bonds is 2. The van der Waals surface area contributed by atoms with Crippen molar-refractivity contribution in [3.05, 3.63) is 83.1 Å². The summed E-state index contributed by atoms with van der Waals surface area (Å²) < 4.78 is 5.99. The van der Waals surface area contributed by atoms with E-state index in [2.05, 4.69) is 4.36 Å². The molecular weight excluding hydrogens is 320 g/mol. The second kappa shape index (κ2) is 6.93. The zero-order valence-corrected chi connectivity index (χ0v) is 14.4. The van der Waals surface area contributed by atoms with Gasteiger partial charge in [-0.2, -0.15) is 4.36 Å². The Labute approximate surface area is 144 Å². The van der Waals surface area contributed by atoms with Crippen molar-refractivity contribution in [3.63, 3.8) is 0 Å². The van der Waals surface area contributed by atoms with Gasteiger partial charge in [0.05, 0.1) is 0 Å². The van der Waals surface area contributed by atoms with Crippen molar-refractivity contribution in [2.45, 2.75) is 13.8 Å². The van der Waals surface area contributed by atoms with Crippen LogP contribution in [0.4, 0.5) is 0 Å². The van der Waals surface area contributed by atoms with E-state index in [1.807, 2.05) is 50.2 Å². The number of benzene rings is 2. The van der Waals surface area contributed by atoms with Gasteiger partial charge in [0, 0.05) is 33.5 Å². The van der Waals surface area contributed by atoms with Gasteiger partial charge in [-0.3, -0.25) is 9.59 Å². The number of carbonyl (C=O) groups excluding carboxylic acids is 2. The molecule has 0 saturated carbocycles. The predicted molar refractivity (Wildman–Crippen MR) is 96.4 cm³/mol. The first-order valence-electron chi connectivity index (χ1n) is 7.66. The van der Waals surface area contributed by atoms with Crippen LogP contribution in [-0.2, 0) is 10.9 Å². The van der Waals surface area contributed by atoms with Crippen molar-refractivity contribution >= 4 is 22.7 Å². The standard InChI is InChI=1S/C19H18N2O2S/c1-14-13-24(20-18(22)16-9-5-3-6-10-16)21(15(14)2)19(23)17-11-7-4-8-12-17/h3-12H,13H2,1-2H3/t24-/m0/s1. The Morgan fingerprint density at radius 3 is 2.04 bits per heavy atom. The molecule has 0 bridgehead atoms. The van der Waals surface area contributed by atoms with Crippen LogP contribution in [0.2, 0.25) is 0 Å². The molecule has 0 aliphatic carbocycles. The van der Waals surface area contributed by atoms with Gasteiger partial charge in [-0.1, -0.05) is 36.4 Å². The summed E-state index contributed by atoms with van der Waals surface area (Å²) in [5, 5.41) is 0. The number of nitrogens with zero attached hydrogens (tertiary/aromatic N) is 2. The molecule has 0 unspecified atom stereocenters. The fraction of sp³-hybridized carbons (Fsp3) is 0.158. The SMILES string of the molecule is CC1=C(C)N(C(=O)c2ccccc2)[S@](=NC(=O)c2ccccc2)C1. The normalized spacial score (nSPS) is 17.4. The van der Waals surface area contributed by atoms with Gasteiger partial charge < -0.3 is 0 Å². The number of allylic oxidation sites excluding steroid dienone is 1. The molecule has 1 heterocycles. The zero-order chi connectivity index (χ0) is 17.1. The van der Waals surface area contributed by atoms with Gasteiger partial charge in [0.15, 0.2) is 0 Å². The summed E-state index contributed by atoms with van der Waals surface area (Å²) in [7, 11) is -0.801. The first kappa shape index (κ1) is 16.3. The maximum Gasteiger partial charge on any atom is 0.284 e. The van der Waals surface area contributed by atoms with Gasteiger partial charge in [-0.15, -0.1) is 0 Å². The second-order valence-corrected chi connectivity index (χ2v) is 7.09. The molecule has 1 atom stereocenters. The lowest BCUT2D eigenvalue weighted by Gasteiger charge is -2.19. The Bertz CT molecular complexity index is 842. The highest BCUT2D eigenvalue weighted by Crippen LogP contribution is 2.26. The van der Waals surface area contributed by atoms with E-state index in [1.165, 1.54) is 0 Å². The van der Waals surface area contributed by atoms with Crippen molar-refractivity contribution in [2.24, 2.45) is 4.36 Å². The monoisotopic (exact) mass is 338 g/mol. The van der Waals surface area contributed by atoms with Crippen LogP contribution in [0.5, 0.6) is 0 Å². The summed E-state index contributed by atoms with van der Waals surface area (Å²) in [6.45, 7) is 3.89. The average Bonchev–Trinajstić information content (AvgIpc) is 2.89. The largest absolute Gasteiger partial charge is 0.284 e. The molecule has 3 rings (SSSR count). The minimum absolute atomic E-state index is 0.113. The summed E-state index contributed by atoms with van der Waals surface area (Å²) in [6, 6.07) is 18.0. The third kappa shape index (κ3) is 3.21. The van der Waals surface area contributed by atoms with E-state index in [0.29, 0.717) is 16.9 Å². The van der Waals surface area contributed by atoms with E-state index < -0.39 is 10.9 Å². The van der Waals surface area contributed by atoms with Gasteiger partial charge in [0.1, 0.15) is 0 Å². The van der Waals surface area contributed by atoms with Crippen LogP contribution in [0.1, 0.15) is 34.6 Å². The van der Waals surface area contributed by atoms with E-state index in [0.717, 1.165) is 11.3 Å². The summed E-state index contributed by atoms with van der Waals surface area (Å²) in [5.41, 5.74) is 3.12. The Kier molecular flexibility index (Phi) is 4.71. The minimum Gasteiger partial charge on any atom is -0.268 e. The van der Waals surface area contributed by atoms with E-state index in [1.54, 1.807) is 28.6 Å². The molecule has 2 amide bonds. The molecule has 4 nitrogen and oxygen atoms in total. The molecule has 1 aliphatic heterocycles. The van der Waals surface area contributed by atoms with Gasteiger partial charge in [-0.05, 0) is 43.7 Å². The van der Waals surface area contributed by atoms with Gasteiger partial charge in [0.25, 0.3) is 11.8 Å². The van der Waals surface area contributed by atoms with E-state index >= 15 is 0 Å². The lowest BCUT2D eigenvalue weighted by atomic mass is 10.2. The van der Waals surface area contributed by atoms with Crippen LogP contribution in [0.15, 0.2) is 76.3 Å². The first-order chi connectivity index (χ1) is 11.6. The highest BCUT2D eigenvalue weighted by molar-refractivity contribution is 7.86. The van der Waals surface area contributed by atoms with Crippen molar-refractivity contribution in [1.29, 1.82) is 0 Å². The average molecular weight is 338 g/mol. The molecule has 0 fully saturated rings. The van der Waals surface area contributed by atoms with Crippen LogP contribution in [0, 0.1) is 0 Å². The maximum absolute atomic E-state index is 12.9. The second-order valence-electron chi connectivity index (χ2n) is 5.58. The molecule has 5 heteroatoms. The molecule has 122 valence electrons. The molecular formula is C19H18N2O2S. The predicted octanol–water partition coefficient (Wildman–Crippen LogP) is 3.99. The third-order valence-electron chi connectivity index (χ3n) is 3.89. The van der Waals surface area contributed by atoms with E-state index in [-0.39, 0.29) is 11.8 Å². The fourth-order valence-corrected chi connectivity index (χ4v) is 4.38. The highest BCUT2D eigenvalue weighted by atomic mass is 32.2. The smallest absolute Gasteiger partial charge is 0.268 e. The first-order valence-corrected chi connectivity index (χ1v) is 8.97. The molecule has 24 heavy (non-hydrogen) atoms. The van der Waals surface area contributed by atoms with Gasteiger partial charge in [-0.25, -0.2) is 4.31 Å². The van der Waals surface area contributed by atoms with Crippen molar-refractivity contribution < 1.29 is 9.59 Å². The molecule has 0 spiro atoms. The van der Waals surface area contributed by atoms with Crippen LogP contribution in [0.3, 0.4) is 0 Å². The lowest BCUT2D eigenvalue weighted by molar-refractivity contribution is 0.0897. The summed E-state index contributed by atoms with van der Waals surface area (Å²) in [6.07, 6.45) is 0. The Hall–Kier alpha value is -2.53. The molecule has 2 aromatic carbocycles. The molecule has 1 aliphatic rings. The van der Waals surface area contributed by atoms with Gasteiger partial charge >= 0.3 is 0 Å². The molecule has 0 radical (unpaired) electrons. The van der Waals surface area contributed by atoms with Crippen LogP contribution >= 0.6 is 0 Å². The Morgan fingerprint density at radius 1 is 0.917 bits per heavy atom. The van der Waals surface area contributed by atoms with Crippen molar-refractivity contribution in [3.8, 4) is 0 Å². The minimum atomic E-state index is -0.801. The van der Waals surface area contributed by atoms with Crippen LogP contribution in [-0.4, -0.2) is 21.9 Å². The van der Waals surface area contributed by atoms with Crippen LogP contribution in [0.25, 0.3) is 0 Å². The summed E-state index contributed by atoms with van der Waals surface area (Å²) in [5.74, 6) is 0.216. The van der Waals surface area contributed by atoms with E-state index in [4.69, 9.17) is 0 Å². The fourth-order valence-electron chi connectivity index (χ4n) is 2.44. The van der Waals surface area contributed by atoms with E-state index in [9.17, 15) is 9.59 Å². The molecule has 0 saturated heterocycles. The zero-order valence-electron chi connectivity index (χ0n) is 13.6. The van der Waals surface area contributed by atoms with Crippen molar-refractivity contribution in [1.82, 2.24) is 4.31 Å². The Balaban J connectivity index is 1.94. The lowest BCUT2D eigenvalue weighted by Crippen LogP contribution is -2.28. The van der Waals surface area contributed by atoms with Crippen LogP contribution < -0.4 is 0 Å².